The van der Waals surface area contributed by atoms with E-state index < -0.39 is 42.5 Å². The van der Waals surface area contributed by atoms with Crippen LogP contribution < -0.4 is 0 Å². The Morgan fingerprint density at radius 1 is 0.724 bits per heavy atom. The Labute approximate surface area is 167 Å². The van der Waals surface area contributed by atoms with Crippen LogP contribution in [0.5, 0.6) is 0 Å². The Kier molecular flexibility index (Phi) is 8.05. The van der Waals surface area contributed by atoms with Crippen molar-refractivity contribution >= 4 is 23.7 Å². The summed E-state index contributed by atoms with van der Waals surface area (Å²) in [6.45, 7) is -0.469. The smallest absolute Gasteiger partial charge is 0.351 e. The van der Waals surface area contributed by atoms with E-state index >= 15 is 0 Å². The normalized spacial score (nSPS) is 12.3. The second-order valence-electron chi connectivity index (χ2n) is 5.81. The van der Waals surface area contributed by atoms with Crippen molar-refractivity contribution in [3.63, 3.8) is 0 Å². The van der Waals surface area contributed by atoms with Crippen LogP contribution in [0.15, 0.2) is 60.7 Å². The predicted molar refractivity (Wildman–Crippen MR) is 100 cm³/mol. The first-order valence-corrected chi connectivity index (χ1v) is 8.59. The van der Waals surface area contributed by atoms with Crippen LogP contribution in [0.4, 0.5) is 0 Å². The third-order valence-electron chi connectivity index (χ3n) is 3.80. The molecule has 2 aromatic carbocycles. The van der Waals surface area contributed by atoms with Gasteiger partial charge in [0.1, 0.15) is 6.61 Å². The van der Waals surface area contributed by atoms with Crippen molar-refractivity contribution in [2.75, 3.05) is 20.8 Å². The third-order valence-corrected chi connectivity index (χ3v) is 3.80. The van der Waals surface area contributed by atoms with E-state index in [1.165, 1.54) is 31.4 Å². The fraction of sp³-hybridized carbons (Fsp3) is 0.238. The highest BCUT2D eigenvalue weighted by Crippen LogP contribution is 2.15. The van der Waals surface area contributed by atoms with Gasteiger partial charge in [0.05, 0.1) is 18.2 Å². The molecule has 0 saturated heterocycles. The van der Waals surface area contributed by atoms with Crippen LogP contribution >= 0.6 is 0 Å². The molecule has 0 bridgehead atoms. The van der Waals surface area contributed by atoms with Crippen molar-refractivity contribution in [1.29, 1.82) is 0 Å². The Balaban J connectivity index is 2.31. The number of esters is 3. The van der Waals surface area contributed by atoms with Gasteiger partial charge in [-0.2, -0.15) is 0 Å². The maximum absolute atomic E-state index is 12.5. The molecule has 0 amide bonds. The molecule has 8 nitrogen and oxygen atoms in total. The summed E-state index contributed by atoms with van der Waals surface area (Å²) in [7, 11) is 2.32. The molecule has 0 saturated carbocycles. The average Bonchev–Trinajstić information content (AvgIpc) is 2.76. The number of hydrogen-bond donors (Lipinski definition) is 0. The Morgan fingerprint density at radius 3 is 1.59 bits per heavy atom. The number of benzene rings is 2. The highest BCUT2D eigenvalue weighted by Gasteiger charge is 2.41. The zero-order valence-electron chi connectivity index (χ0n) is 15.9. The molecule has 29 heavy (non-hydrogen) atoms. The molecule has 0 N–H and O–H groups in total. The van der Waals surface area contributed by atoms with Crippen molar-refractivity contribution < 1.29 is 38.1 Å². The topological polar surface area (TPSA) is 105 Å². The number of Topliss-reactive ketones (excluding diaryl/α,β-unsaturated/α-hetero) is 1. The van der Waals surface area contributed by atoms with Crippen LogP contribution in [0.3, 0.4) is 0 Å². The van der Waals surface area contributed by atoms with Crippen LogP contribution in [0.2, 0.25) is 0 Å². The van der Waals surface area contributed by atoms with Gasteiger partial charge in [-0.25, -0.2) is 14.4 Å². The summed E-state index contributed by atoms with van der Waals surface area (Å²) in [6.07, 6.45) is -3.55. The van der Waals surface area contributed by atoms with Gasteiger partial charge >= 0.3 is 17.9 Å². The zero-order chi connectivity index (χ0) is 21.2. The van der Waals surface area contributed by atoms with Gasteiger partial charge in [-0.15, -0.1) is 0 Å². The number of rotatable bonds is 9. The number of carbonyl (C=O) groups is 4. The average molecular weight is 400 g/mol. The standard InChI is InChI=1S/C21H20O8/c1-26-13-16(22)17(28-19(23)14-9-5-3-6-10-14)18(21(25)27-2)29-20(24)15-11-7-4-8-12-15/h3-12,17-18H,13H2,1-2H3/t17-,18+/m0/s1. The molecular weight excluding hydrogens is 380 g/mol. The lowest BCUT2D eigenvalue weighted by atomic mass is 10.1. The summed E-state index contributed by atoms with van der Waals surface area (Å²) >= 11 is 0. The minimum absolute atomic E-state index is 0.147. The molecule has 8 heteroatoms. The van der Waals surface area contributed by atoms with Gasteiger partial charge in [0, 0.05) is 7.11 Å². The van der Waals surface area contributed by atoms with E-state index in [1.54, 1.807) is 36.4 Å². The number of carbonyl (C=O) groups excluding carboxylic acids is 4. The summed E-state index contributed by atoms with van der Waals surface area (Å²) in [6, 6.07) is 15.7. The zero-order valence-corrected chi connectivity index (χ0v) is 15.9. The molecule has 0 aromatic heterocycles. The van der Waals surface area contributed by atoms with Gasteiger partial charge in [-0.1, -0.05) is 36.4 Å². The third kappa shape index (κ3) is 5.98. The minimum Gasteiger partial charge on any atom is -0.466 e. The fourth-order valence-electron chi connectivity index (χ4n) is 2.39. The molecular formula is C21H20O8. The van der Waals surface area contributed by atoms with E-state index in [-0.39, 0.29) is 11.1 Å². The molecule has 0 aliphatic carbocycles. The first-order chi connectivity index (χ1) is 14.0. The van der Waals surface area contributed by atoms with E-state index in [2.05, 4.69) is 4.74 Å². The number of ether oxygens (including phenoxy) is 4. The molecule has 0 aliphatic rings. The lowest BCUT2D eigenvalue weighted by molar-refractivity contribution is -0.162. The highest BCUT2D eigenvalue weighted by molar-refractivity contribution is 5.98. The fourth-order valence-corrected chi connectivity index (χ4v) is 2.39. The Morgan fingerprint density at radius 2 is 1.17 bits per heavy atom. The summed E-state index contributed by atoms with van der Waals surface area (Å²) in [5, 5.41) is 0. The van der Waals surface area contributed by atoms with Gasteiger partial charge in [-0.3, -0.25) is 4.79 Å². The van der Waals surface area contributed by atoms with E-state index in [1.807, 2.05) is 0 Å². The van der Waals surface area contributed by atoms with E-state index in [4.69, 9.17) is 14.2 Å². The van der Waals surface area contributed by atoms with E-state index in [9.17, 15) is 19.2 Å². The lowest BCUT2D eigenvalue weighted by Gasteiger charge is -2.24. The SMILES string of the molecule is COCC(=O)[C@H](OC(=O)c1ccccc1)[C@@H](OC(=O)c1ccccc1)C(=O)OC. The number of hydrogen-bond acceptors (Lipinski definition) is 8. The van der Waals surface area contributed by atoms with Crippen molar-refractivity contribution in [2.24, 2.45) is 0 Å². The molecule has 2 atom stereocenters. The second kappa shape index (κ2) is 10.7. The Bertz CT molecular complexity index is 847. The summed E-state index contributed by atoms with van der Waals surface area (Å²) in [4.78, 5) is 49.6. The summed E-state index contributed by atoms with van der Waals surface area (Å²) < 4.78 is 19.9. The van der Waals surface area contributed by atoms with Crippen LogP contribution in [-0.2, 0) is 28.5 Å². The van der Waals surface area contributed by atoms with Crippen LogP contribution in [0.1, 0.15) is 20.7 Å². The summed E-state index contributed by atoms with van der Waals surface area (Å²) in [5.74, 6) is -3.57. The molecule has 152 valence electrons. The number of ketones is 1. The van der Waals surface area contributed by atoms with Crippen molar-refractivity contribution in [3.8, 4) is 0 Å². The number of methoxy groups -OCH3 is 2. The maximum atomic E-state index is 12.5. The molecule has 0 heterocycles. The predicted octanol–water partition coefficient (Wildman–Crippen LogP) is 1.83. The lowest BCUT2D eigenvalue weighted by Crippen LogP contribution is -2.47. The molecule has 0 fully saturated rings. The van der Waals surface area contributed by atoms with Crippen molar-refractivity contribution in [2.45, 2.75) is 12.2 Å². The molecule has 0 aliphatic heterocycles. The molecule has 0 radical (unpaired) electrons. The van der Waals surface area contributed by atoms with Crippen LogP contribution in [0.25, 0.3) is 0 Å². The van der Waals surface area contributed by atoms with Crippen molar-refractivity contribution in [1.82, 2.24) is 0 Å². The molecule has 2 aromatic rings. The first-order valence-electron chi connectivity index (χ1n) is 8.59. The van der Waals surface area contributed by atoms with Gasteiger partial charge in [0.2, 0.25) is 18.0 Å². The van der Waals surface area contributed by atoms with E-state index in [0.717, 1.165) is 7.11 Å². The molecule has 0 unspecified atom stereocenters. The minimum atomic E-state index is -1.80. The van der Waals surface area contributed by atoms with Gasteiger partial charge in [0.15, 0.2) is 0 Å². The largest absolute Gasteiger partial charge is 0.466 e. The van der Waals surface area contributed by atoms with Gasteiger partial charge in [-0.05, 0) is 24.3 Å². The maximum Gasteiger partial charge on any atom is 0.351 e. The summed E-state index contributed by atoms with van der Waals surface area (Å²) in [5.41, 5.74) is 0.300. The Hall–Kier alpha value is -3.52. The van der Waals surface area contributed by atoms with E-state index in [0.29, 0.717) is 0 Å². The van der Waals surface area contributed by atoms with Crippen LogP contribution in [0, 0.1) is 0 Å². The first kappa shape index (κ1) is 21.8. The monoisotopic (exact) mass is 400 g/mol. The quantitative estimate of drug-likeness (QED) is 0.464. The molecule has 0 spiro atoms. The highest BCUT2D eigenvalue weighted by atomic mass is 16.6. The molecule has 2 rings (SSSR count). The van der Waals surface area contributed by atoms with Crippen molar-refractivity contribution in [3.05, 3.63) is 71.8 Å². The van der Waals surface area contributed by atoms with Gasteiger partial charge in [0.25, 0.3) is 0 Å². The van der Waals surface area contributed by atoms with Gasteiger partial charge < -0.3 is 18.9 Å². The van der Waals surface area contributed by atoms with Crippen LogP contribution in [-0.4, -0.2) is 56.7 Å². The second-order valence-corrected chi connectivity index (χ2v) is 5.81.